The van der Waals surface area contributed by atoms with E-state index in [1.54, 1.807) is 61.1 Å². The molecule has 3 rings (SSSR count). The number of aromatic nitrogens is 2. The van der Waals surface area contributed by atoms with E-state index in [1.807, 2.05) is 6.92 Å². The normalized spacial score (nSPS) is 11.9. The van der Waals surface area contributed by atoms with Gasteiger partial charge in [-0.25, -0.2) is 4.68 Å². The smallest absolute Gasteiger partial charge is 0.278 e. The van der Waals surface area contributed by atoms with Crippen molar-refractivity contribution in [1.29, 1.82) is 0 Å². The van der Waals surface area contributed by atoms with Crippen LogP contribution in [0, 0.1) is 6.92 Å². The fourth-order valence-corrected chi connectivity index (χ4v) is 3.62. The lowest BCUT2D eigenvalue weighted by molar-refractivity contribution is 0.0733. The first kappa shape index (κ1) is 21.4. The SMILES string of the molecule is Cc1cc(=O)c(C(=O)N(C)C(C)c2ccc(Cl)cc2Cl)nn1-c1ccc(Cl)cc1. The van der Waals surface area contributed by atoms with E-state index < -0.39 is 17.4 Å². The average Bonchev–Trinajstić information content (AvgIpc) is 2.67. The van der Waals surface area contributed by atoms with E-state index in [0.717, 1.165) is 5.56 Å². The molecule has 0 radical (unpaired) electrons. The van der Waals surface area contributed by atoms with Gasteiger partial charge >= 0.3 is 0 Å². The third kappa shape index (κ3) is 4.47. The van der Waals surface area contributed by atoms with Crippen molar-refractivity contribution < 1.29 is 4.79 Å². The number of aryl methyl sites for hydroxylation is 1. The number of halogens is 3. The lowest BCUT2D eigenvalue weighted by Crippen LogP contribution is -2.35. The average molecular weight is 451 g/mol. The molecule has 0 aliphatic carbocycles. The molecule has 1 amide bonds. The van der Waals surface area contributed by atoms with E-state index >= 15 is 0 Å². The van der Waals surface area contributed by atoms with Gasteiger partial charge in [0.25, 0.3) is 5.91 Å². The number of hydrogen-bond acceptors (Lipinski definition) is 3. The van der Waals surface area contributed by atoms with Crippen LogP contribution in [0.1, 0.15) is 34.7 Å². The van der Waals surface area contributed by atoms with Gasteiger partial charge in [0.2, 0.25) is 5.43 Å². The number of benzene rings is 2. The second-order valence-corrected chi connectivity index (χ2v) is 7.92. The molecule has 0 N–H and O–H groups in total. The van der Waals surface area contributed by atoms with Gasteiger partial charge in [0.1, 0.15) is 0 Å². The maximum Gasteiger partial charge on any atom is 0.278 e. The summed E-state index contributed by atoms with van der Waals surface area (Å²) in [6.07, 6.45) is 0. The van der Waals surface area contributed by atoms with E-state index in [4.69, 9.17) is 34.8 Å². The molecule has 8 heteroatoms. The summed E-state index contributed by atoms with van der Waals surface area (Å²) in [4.78, 5) is 27.0. The van der Waals surface area contributed by atoms with Gasteiger partial charge in [-0.3, -0.25) is 9.59 Å². The van der Waals surface area contributed by atoms with Crippen LogP contribution in [0.3, 0.4) is 0 Å². The maximum absolute atomic E-state index is 13.1. The maximum atomic E-state index is 13.1. The van der Waals surface area contributed by atoms with Gasteiger partial charge in [0.15, 0.2) is 5.69 Å². The lowest BCUT2D eigenvalue weighted by atomic mass is 10.1. The summed E-state index contributed by atoms with van der Waals surface area (Å²) in [7, 11) is 1.60. The van der Waals surface area contributed by atoms with Crippen molar-refractivity contribution in [3.8, 4) is 5.69 Å². The van der Waals surface area contributed by atoms with E-state index in [2.05, 4.69) is 5.10 Å². The van der Waals surface area contributed by atoms with Gasteiger partial charge in [-0.2, -0.15) is 5.10 Å². The van der Waals surface area contributed by atoms with Gasteiger partial charge in [0.05, 0.1) is 11.7 Å². The van der Waals surface area contributed by atoms with Crippen molar-refractivity contribution in [3.05, 3.63) is 90.8 Å². The molecule has 0 aliphatic heterocycles. The number of nitrogens with zero attached hydrogens (tertiary/aromatic N) is 3. The number of amides is 1. The first-order valence-corrected chi connectivity index (χ1v) is 9.91. The van der Waals surface area contributed by atoms with Crippen molar-refractivity contribution in [3.63, 3.8) is 0 Å². The van der Waals surface area contributed by atoms with Crippen LogP contribution in [0.15, 0.2) is 53.3 Å². The fraction of sp³-hybridized carbons (Fsp3) is 0.190. The molecule has 0 spiro atoms. The topological polar surface area (TPSA) is 55.2 Å². The summed E-state index contributed by atoms with van der Waals surface area (Å²) in [6.45, 7) is 3.57. The quantitative estimate of drug-likeness (QED) is 0.539. The molecular formula is C21H18Cl3N3O2. The molecule has 0 saturated carbocycles. The Balaban J connectivity index is 1.98. The van der Waals surface area contributed by atoms with E-state index in [-0.39, 0.29) is 5.69 Å². The summed E-state index contributed by atoms with van der Waals surface area (Å²) < 4.78 is 1.54. The van der Waals surface area contributed by atoms with Crippen LogP contribution < -0.4 is 5.43 Å². The Morgan fingerprint density at radius 3 is 2.28 bits per heavy atom. The predicted octanol–water partition coefficient (Wildman–Crippen LogP) is 5.33. The van der Waals surface area contributed by atoms with E-state index in [0.29, 0.717) is 26.4 Å². The minimum absolute atomic E-state index is 0.176. The zero-order valence-corrected chi connectivity index (χ0v) is 18.3. The number of rotatable bonds is 4. The van der Waals surface area contributed by atoms with Crippen LogP contribution in [0.5, 0.6) is 0 Å². The van der Waals surface area contributed by atoms with Gasteiger partial charge in [-0.1, -0.05) is 40.9 Å². The van der Waals surface area contributed by atoms with Crippen molar-refractivity contribution in [2.24, 2.45) is 0 Å². The van der Waals surface area contributed by atoms with E-state index in [1.165, 1.54) is 11.0 Å². The third-order valence-electron chi connectivity index (χ3n) is 4.70. The monoisotopic (exact) mass is 449 g/mol. The Morgan fingerprint density at radius 2 is 1.66 bits per heavy atom. The van der Waals surface area contributed by atoms with Crippen LogP contribution in [0.4, 0.5) is 0 Å². The van der Waals surface area contributed by atoms with Crippen LogP contribution in [0.2, 0.25) is 15.1 Å². The summed E-state index contributed by atoms with van der Waals surface area (Å²) in [6, 6.07) is 13.0. The van der Waals surface area contributed by atoms with Gasteiger partial charge in [-0.15, -0.1) is 0 Å². The molecule has 1 unspecified atom stereocenters. The molecule has 1 aromatic heterocycles. The van der Waals surface area contributed by atoms with Crippen molar-refractivity contribution >= 4 is 40.7 Å². The summed E-state index contributed by atoms with van der Waals surface area (Å²) in [5.74, 6) is -0.503. The zero-order valence-electron chi connectivity index (χ0n) is 16.0. The highest BCUT2D eigenvalue weighted by Gasteiger charge is 2.25. The van der Waals surface area contributed by atoms with Crippen molar-refractivity contribution in [1.82, 2.24) is 14.7 Å². The Labute approximate surface area is 183 Å². The lowest BCUT2D eigenvalue weighted by Gasteiger charge is -2.26. The Morgan fingerprint density at radius 1 is 1.03 bits per heavy atom. The molecular weight excluding hydrogens is 433 g/mol. The molecule has 3 aromatic rings. The first-order chi connectivity index (χ1) is 13.7. The summed E-state index contributed by atoms with van der Waals surface area (Å²) in [5.41, 5.74) is 1.39. The molecule has 29 heavy (non-hydrogen) atoms. The van der Waals surface area contributed by atoms with Gasteiger partial charge in [-0.05, 0) is 55.8 Å². The Kier molecular flexibility index (Phi) is 6.32. The zero-order chi connectivity index (χ0) is 21.3. The van der Waals surface area contributed by atoms with Gasteiger partial charge < -0.3 is 4.90 Å². The molecule has 0 saturated heterocycles. The Bertz CT molecular complexity index is 1130. The Hall–Kier alpha value is -2.34. The molecule has 0 bridgehead atoms. The molecule has 2 aromatic carbocycles. The number of carbonyl (C=O) groups excluding carboxylic acids is 1. The van der Waals surface area contributed by atoms with Crippen molar-refractivity contribution in [2.45, 2.75) is 19.9 Å². The first-order valence-electron chi connectivity index (χ1n) is 8.78. The predicted molar refractivity (Wildman–Crippen MR) is 117 cm³/mol. The minimum atomic E-state index is -0.503. The highest BCUT2D eigenvalue weighted by Crippen LogP contribution is 2.29. The van der Waals surface area contributed by atoms with Crippen molar-refractivity contribution in [2.75, 3.05) is 7.05 Å². The highest BCUT2D eigenvalue weighted by molar-refractivity contribution is 6.35. The molecule has 5 nitrogen and oxygen atoms in total. The van der Waals surface area contributed by atoms with Gasteiger partial charge in [0, 0.05) is 33.9 Å². The molecule has 1 heterocycles. The second-order valence-electron chi connectivity index (χ2n) is 6.64. The third-order valence-corrected chi connectivity index (χ3v) is 5.51. The molecule has 150 valence electrons. The fourth-order valence-electron chi connectivity index (χ4n) is 2.93. The minimum Gasteiger partial charge on any atom is -0.333 e. The van der Waals surface area contributed by atoms with E-state index in [9.17, 15) is 9.59 Å². The highest BCUT2D eigenvalue weighted by atomic mass is 35.5. The molecule has 1 atom stereocenters. The number of hydrogen-bond donors (Lipinski definition) is 0. The number of carbonyl (C=O) groups is 1. The van der Waals surface area contributed by atoms with Crippen LogP contribution in [0.25, 0.3) is 5.69 Å². The summed E-state index contributed by atoms with van der Waals surface area (Å²) in [5, 5.41) is 5.85. The second kappa shape index (κ2) is 8.57. The summed E-state index contributed by atoms with van der Waals surface area (Å²) >= 11 is 18.2. The molecule has 0 aliphatic rings. The molecule has 0 fully saturated rings. The van der Waals surface area contributed by atoms with Crippen LogP contribution >= 0.6 is 34.8 Å². The van der Waals surface area contributed by atoms with Crippen LogP contribution in [-0.4, -0.2) is 27.6 Å². The standard InChI is InChI=1S/C21H18Cl3N3O2/c1-12-10-19(28)20(25-27(12)16-7-4-14(22)5-8-16)21(29)26(3)13(2)17-9-6-15(23)11-18(17)24/h4-11,13H,1-3H3. The largest absolute Gasteiger partial charge is 0.333 e. The van der Waals surface area contributed by atoms with Crippen LogP contribution in [-0.2, 0) is 0 Å².